The molecule has 144 valence electrons. The molecule has 2 rings (SSSR count). The lowest BCUT2D eigenvalue weighted by molar-refractivity contribution is 0.102. The van der Waals surface area contributed by atoms with E-state index in [-0.39, 0.29) is 11.3 Å². The van der Waals surface area contributed by atoms with Crippen molar-refractivity contribution in [3.05, 3.63) is 58.1 Å². The van der Waals surface area contributed by atoms with E-state index in [0.29, 0.717) is 22.3 Å². The Kier molecular flexibility index (Phi) is 8.43. The Hall–Kier alpha value is -2.24. The number of benzene rings is 2. The summed E-state index contributed by atoms with van der Waals surface area (Å²) in [6.45, 7) is 2.65. The summed E-state index contributed by atoms with van der Waals surface area (Å²) in [5.41, 5.74) is 0.683. The van der Waals surface area contributed by atoms with E-state index in [9.17, 15) is 9.59 Å². The molecule has 2 aromatic rings. The molecule has 0 aliphatic heterocycles. The first-order valence-corrected chi connectivity index (χ1v) is 9.57. The van der Waals surface area contributed by atoms with Gasteiger partial charge < -0.3 is 15.4 Å². The smallest absolute Gasteiger partial charge is 0.409 e. The average Bonchev–Trinajstić information content (AvgIpc) is 2.63. The predicted octanol–water partition coefficient (Wildman–Crippen LogP) is 5.91. The maximum absolute atomic E-state index is 12.6. The second-order valence-corrected chi connectivity index (χ2v) is 6.85. The van der Waals surface area contributed by atoms with Crippen LogP contribution in [-0.4, -0.2) is 18.5 Å². The topological polar surface area (TPSA) is 67.4 Å². The molecule has 0 aliphatic carbocycles. The monoisotopic (exact) mass is 408 g/mol. The highest BCUT2D eigenvalue weighted by atomic mass is 35.5. The van der Waals surface area contributed by atoms with E-state index >= 15 is 0 Å². The minimum absolute atomic E-state index is 0.130. The van der Waals surface area contributed by atoms with Crippen LogP contribution in [0.25, 0.3) is 0 Å². The van der Waals surface area contributed by atoms with Gasteiger partial charge in [-0.15, -0.1) is 0 Å². The average molecular weight is 409 g/mol. The fourth-order valence-electron chi connectivity index (χ4n) is 2.41. The Morgan fingerprint density at radius 1 is 1.00 bits per heavy atom. The predicted molar refractivity (Wildman–Crippen MR) is 109 cm³/mol. The molecule has 5 nitrogen and oxygen atoms in total. The van der Waals surface area contributed by atoms with Crippen LogP contribution in [0.1, 0.15) is 43.0 Å². The van der Waals surface area contributed by atoms with Crippen LogP contribution in [0.4, 0.5) is 10.5 Å². The van der Waals surface area contributed by atoms with Gasteiger partial charge in [-0.25, -0.2) is 4.79 Å². The van der Waals surface area contributed by atoms with E-state index in [2.05, 4.69) is 17.6 Å². The molecule has 2 N–H and O–H groups in total. The SMILES string of the molecule is CCCCCCNC(=O)Oc1ccc(Cl)cc1C(=O)Nc1cccc(Cl)c1. The summed E-state index contributed by atoms with van der Waals surface area (Å²) in [6.07, 6.45) is 3.57. The van der Waals surface area contributed by atoms with Gasteiger partial charge in [0.15, 0.2) is 0 Å². The van der Waals surface area contributed by atoms with E-state index < -0.39 is 12.0 Å². The third-order valence-corrected chi connectivity index (χ3v) is 4.24. The van der Waals surface area contributed by atoms with Crippen LogP contribution in [0.5, 0.6) is 5.75 Å². The number of halogens is 2. The standard InChI is InChI=1S/C20H22Cl2N2O3/c1-2-3-4-5-11-23-20(26)27-18-10-9-15(22)13-17(18)19(25)24-16-8-6-7-14(21)12-16/h6-10,12-13H,2-5,11H2,1H3,(H,23,26)(H,24,25). The highest BCUT2D eigenvalue weighted by molar-refractivity contribution is 6.31. The molecule has 0 unspecified atom stereocenters. The van der Waals surface area contributed by atoms with Crippen LogP contribution in [-0.2, 0) is 0 Å². The Balaban J connectivity index is 2.03. The van der Waals surface area contributed by atoms with E-state index in [4.69, 9.17) is 27.9 Å². The number of hydrogen-bond acceptors (Lipinski definition) is 3. The minimum Gasteiger partial charge on any atom is -0.409 e. The first-order valence-electron chi connectivity index (χ1n) is 8.81. The number of nitrogens with one attached hydrogen (secondary N) is 2. The van der Waals surface area contributed by atoms with Crippen LogP contribution >= 0.6 is 23.2 Å². The molecule has 0 aliphatic rings. The third kappa shape index (κ3) is 7.12. The summed E-state index contributed by atoms with van der Waals surface area (Å²) >= 11 is 11.9. The molecule has 7 heteroatoms. The van der Waals surface area contributed by atoms with Crippen molar-refractivity contribution in [2.45, 2.75) is 32.6 Å². The van der Waals surface area contributed by atoms with Gasteiger partial charge in [-0.2, -0.15) is 0 Å². The maximum Gasteiger partial charge on any atom is 0.412 e. The molecule has 0 heterocycles. The number of carbonyl (C=O) groups is 2. The summed E-state index contributed by atoms with van der Waals surface area (Å²) in [6, 6.07) is 11.2. The fraction of sp³-hybridized carbons (Fsp3) is 0.300. The van der Waals surface area contributed by atoms with Gasteiger partial charge in [-0.1, -0.05) is 55.5 Å². The summed E-state index contributed by atoms with van der Waals surface area (Å²) < 4.78 is 5.29. The van der Waals surface area contributed by atoms with Crippen molar-refractivity contribution in [3.8, 4) is 5.75 Å². The first-order chi connectivity index (χ1) is 13.0. The number of anilines is 1. The molecule has 0 saturated carbocycles. The van der Waals surface area contributed by atoms with Crippen molar-refractivity contribution in [2.24, 2.45) is 0 Å². The molecule has 0 fully saturated rings. The lowest BCUT2D eigenvalue weighted by atomic mass is 10.2. The second-order valence-electron chi connectivity index (χ2n) is 5.98. The zero-order chi connectivity index (χ0) is 19.6. The molecule has 2 aromatic carbocycles. The summed E-state index contributed by atoms with van der Waals surface area (Å²) in [5.74, 6) is -0.324. The Morgan fingerprint density at radius 3 is 2.52 bits per heavy atom. The summed E-state index contributed by atoms with van der Waals surface area (Å²) in [7, 11) is 0. The van der Waals surface area contributed by atoms with Crippen molar-refractivity contribution < 1.29 is 14.3 Å². The number of hydrogen-bond donors (Lipinski definition) is 2. The number of carbonyl (C=O) groups excluding carboxylic acids is 2. The van der Waals surface area contributed by atoms with Crippen LogP contribution < -0.4 is 15.4 Å². The zero-order valence-electron chi connectivity index (χ0n) is 15.1. The van der Waals surface area contributed by atoms with Crippen LogP contribution in [0.3, 0.4) is 0 Å². The molecule has 0 saturated heterocycles. The summed E-state index contributed by atoms with van der Waals surface area (Å²) in [4.78, 5) is 24.6. The highest BCUT2D eigenvalue weighted by Crippen LogP contribution is 2.25. The molecular weight excluding hydrogens is 387 g/mol. The van der Waals surface area contributed by atoms with Crippen molar-refractivity contribution in [2.75, 3.05) is 11.9 Å². The summed E-state index contributed by atoms with van der Waals surface area (Å²) in [5, 5.41) is 6.25. The van der Waals surface area contributed by atoms with Gasteiger partial charge in [0.2, 0.25) is 0 Å². The molecule has 0 atom stereocenters. The fourth-order valence-corrected chi connectivity index (χ4v) is 2.77. The van der Waals surface area contributed by atoms with Gasteiger partial charge in [-0.05, 0) is 42.8 Å². The maximum atomic E-state index is 12.6. The van der Waals surface area contributed by atoms with Gasteiger partial charge in [0.1, 0.15) is 5.75 Å². The number of ether oxygens (including phenoxy) is 1. The van der Waals surface area contributed by atoms with Crippen molar-refractivity contribution in [1.82, 2.24) is 5.32 Å². The Bertz CT molecular complexity index is 797. The van der Waals surface area contributed by atoms with E-state index in [1.807, 2.05) is 0 Å². The zero-order valence-corrected chi connectivity index (χ0v) is 16.6. The van der Waals surface area contributed by atoms with E-state index in [0.717, 1.165) is 25.7 Å². The molecular formula is C20H22Cl2N2O3. The van der Waals surface area contributed by atoms with Gasteiger partial charge in [0.05, 0.1) is 5.56 Å². The largest absolute Gasteiger partial charge is 0.412 e. The quantitative estimate of drug-likeness (QED) is 0.533. The van der Waals surface area contributed by atoms with Gasteiger partial charge in [-0.3, -0.25) is 4.79 Å². The lowest BCUT2D eigenvalue weighted by Gasteiger charge is -2.12. The number of unbranched alkanes of at least 4 members (excludes halogenated alkanes) is 3. The van der Waals surface area contributed by atoms with Gasteiger partial charge in [0.25, 0.3) is 5.91 Å². The molecule has 2 amide bonds. The normalized spacial score (nSPS) is 10.3. The Labute approximate surface area is 169 Å². The molecule has 0 bridgehead atoms. The molecule has 27 heavy (non-hydrogen) atoms. The van der Waals surface area contributed by atoms with Gasteiger partial charge in [0, 0.05) is 22.3 Å². The van der Waals surface area contributed by atoms with Crippen LogP contribution in [0.15, 0.2) is 42.5 Å². The minimum atomic E-state index is -0.606. The van der Waals surface area contributed by atoms with Crippen molar-refractivity contribution in [1.29, 1.82) is 0 Å². The van der Waals surface area contributed by atoms with Crippen LogP contribution in [0, 0.1) is 0 Å². The van der Waals surface area contributed by atoms with Crippen molar-refractivity contribution >= 4 is 40.9 Å². The molecule has 0 radical (unpaired) electrons. The van der Waals surface area contributed by atoms with E-state index in [1.165, 1.54) is 12.1 Å². The highest BCUT2D eigenvalue weighted by Gasteiger charge is 2.16. The van der Waals surface area contributed by atoms with Crippen LogP contribution in [0.2, 0.25) is 10.0 Å². The van der Waals surface area contributed by atoms with Crippen molar-refractivity contribution in [3.63, 3.8) is 0 Å². The molecule has 0 spiro atoms. The number of amides is 2. The van der Waals surface area contributed by atoms with E-state index in [1.54, 1.807) is 30.3 Å². The number of rotatable bonds is 8. The second kappa shape index (κ2) is 10.8. The first kappa shape index (κ1) is 21.1. The molecule has 0 aromatic heterocycles. The Morgan fingerprint density at radius 2 is 1.78 bits per heavy atom. The third-order valence-electron chi connectivity index (χ3n) is 3.77. The van der Waals surface area contributed by atoms with Gasteiger partial charge >= 0.3 is 6.09 Å². The lowest BCUT2D eigenvalue weighted by Crippen LogP contribution is -2.28.